The lowest BCUT2D eigenvalue weighted by atomic mass is 10.1. The Morgan fingerprint density at radius 2 is 1.72 bits per heavy atom. The first-order valence-electron chi connectivity index (χ1n) is 8.52. The van der Waals surface area contributed by atoms with Crippen molar-refractivity contribution in [1.29, 1.82) is 0 Å². The van der Waals surface area contributed by atoms with Crippen LogP contribution in [0.1, 0.15) is 38.7 Å². The van der Waals surface area contributed by atoms with E-state index in [4.69, 9.17) is 11.6 Å². The number of fused-ring (bicyclic) bond motifs is 1. The summed E-state index contributed by atoms with van der Waals surface area (Å²) < 4.78 is 2.57. The van der Waals surface area contributed by atoms with Crippen molar-refractivity contribution in [3.8, 4) is 0 Å². The molecule has 0 atom stereocenters. The van der Waals surface area contributed by atoms with Gasteiger partial charge in [-0.05, 0) is 37.5 Å². The first kappa shape index (κ1) is 16.6. The normalized spacial score (nSPS) is 17.5. The number of hydrogen-bond donors (Lipinski definition) is 0. The molecule has 8 heteroatoms. The van der Waals surface area contributed by atoms with Crippen LogP contribution in [0, 0.1) is 0 Å². The Hall–Kier alpha value is -1.86. The Labute approximate surface area is 155 Å². The summed E-state index contributed by atoms with van der Waals surface area (Å²) in [6.45, 7) is 3.04. The van der Waals surface area contributed by atoms with Gasteiger partial charge in [-0.15, -0.1) is 11.3 Å². The Morgan fingerprint density at radius 1 is 1.00 bits per heavy atom. The summed E-state index contributed by atoms with van der Waals surface area (Å²) in [5.74, 6) is -0.0466. The summed E-state index contributed by atoms with van der Waals surface area (Å²) in [5.41, 5.74) is 1.68. The highest BCUT2D eigenvalue weighted by atomic mass is 35.5. The van der Waals surface area contributed by atoms with Crippen molar-refractivity contribution in [1.82, 2.24) is 19.6 Å². The molecule has 1 fully saturated rings. The van der Waals surface area contributed by atoms with Crippen LogP contribution in [-0.4, -0.2) is 57.6 Å². The monoisotopic (exact) mass is 378 g/mol. The minimum Gasteiger partial charge on any atom is -0.334 e. The van der Waals surface area contributed by atoms with E-state index in [2.05, 4.69) is 5.10 Å². The second-order valence-corrected chi connectivity index (χ2v) is 8.10. The maximum atomic E-state index is 12.7. The molecule has 2 aliphatic heterocycles. The van der Waals surface area contributed by atoms with Crippen LogP contribution in [0.2, 0.25) is 4.34 Å². The predicted molar refractivity (Wildman–Crippen MR) is 96.3 cm³/mol. The number of rotatable bonds is 2. The Morgan fingerprint density at radius 3 is 2.36 bits per heavy atom. The molecule has 4 rings (SSSR count). The van der Waals surface area contributed by atoms with Crippen molar-refractivity contribution < 1.29 is 9.59 Å². The van der Waals surface area contributed by atoms with Gasteiger partial charge in [0.1, 0.15) is 0 Å². The third kappa shape index (κ3) is 3.30. The fourth-order valence-electron chi connectivity index (χ4n) is 3.38. The zero-order valence-corrected chi connectivity index (χ0v) is 15.4. The number of nitrogens with zero attached hydrogens (tertiary/aromatic N) is 4. The van der Waals surface area contributed by atoms with Crippen LogP contribution in [0.25, 0.3) is 0 Å². The average molecular weight is 379 g/mol. The molecule has 2 aromatic heterocycles. The van der Waals surface area contributed by atoms with Gasteiger partial charge < -0.3 is 9.80 Å². The summed E-state index contributed by atoms with van der Waals surface area (Å²) in [7, 11) is 0. The number of aromatic nitrogens is 2. The highest BCUT2D eigenvalue weighted by Crippen LogP contribution is 2.23. The molecule has 4 heterocycles. The molecule has 1 saturated heterocycles. The molecule has 25 heavy (non-hydrogen) atoms. The maximum Gasteiger partial charge on any atom is 0.274 e. The van der Waals surface area contributed by atoms with Crippen LogP contribution in [0.3, 0.4) is 0 Å². The first-order chi connectivity index (χ1) is 12.1. The molecule has 0 aliphatic carbocycles. The fourth-order valence-corrected chi connectivity index (χ4v) is 4.39. The van der Waals surface area contributed by atoms with E-state index in [1.807, 2.05) is 10.7 Å². The van der Waals surface area contributed by atoms with Crippen molar-refractivity contribution in [3.63, 3.8) is 0 Å². The minimum absolute atomic E-state index is 0.0125. The quantitative estimate of drug-likeness (QED) is 0.806. The van der Waals surface area contributed by atoms with Crippen molar-refractivity contribution in [2.24, 2.45) is 0 Å². The second kappa shape index (κ2) is 6.80. The molecule has 2 aliphatic rings. The molecule has 0 unspecified atom stereocenters. The summed E-state index contributed by atoms with van der Waals surface area (Å²) in [5, 5.41) is 4.46. The summed E-state index contributed by atoms with van der Waals surface area (Å²) in [4.78, 5) is 29.4. The molecule has 0 spiro atoms. The van der Waals surface area contributed by atoms with E-state index in [1.54, 1.807) is 21.9 Å². The molecule has 0 saturated carbocycles. The van der Waals surface area contributed by atoms with Gasteiger partial charge in [-0.2, -0.15) is 5.10 Å². The van der Waals surface area contributed by atoms with Gasteiger partial charge >= 0.3 is 0 Å². The lowest BCUT2D eigenvalue weighted by molar-refractivity contribution is 0.0534. The maximum absolute atomic E-state index is 12.7. The third-order valence-corrected chi connectivity index (χ3v) is 5.99. The Bertz CT molecular complexity index is 784. The highest BCUT2D eigenvalue weighted by molar-refractivity contribution is 7.17. The van der Waals surface area contributed by atoms with Crippen LogP contribution in [0.5, 0.6) is 0 Å². The van der Waals surface area contributed by atoms with Gasteiger partial charge in [-0.25, -0.2) is 0 Å². The molecule has 0 aromatic carbocycles. The lowest BCUT2D eigenvalue weighted by Crippen LogP contribution is -2.50. The van der Waals surface area contributed by atoms with Crippen LogP contribution in [-0.2, 0) is 13.0 Å². The van der Waals surface area contributed by atoms with E-state index in [9.17, 15) is 9.59 Å². The van der Waals surface area contributed by atoms with Gasteiger partial charge in [0.15, 0.2) is 5.69 Å². The Kier molecular flexibility index (Phi) is 4.52. The van der Waals surface area contributed by atoms with Crippen molar-refractivity contribution in [3.05, 3.63) is 38.8 Å². The van der Waals surface area contributed by atoms with Gasteiger partial charge in [0, 0.05) is 38.4 Å². The number of piperazine rings is 1. The molecule has 0 N–H and O–H groups in total. The molecular formula is C17H19ClN4O2S. The molecule has 6 nitrogen and oxygen atoms in total. The third-order valence-electron chi connectivity index (χ3n) is 4.77. The highest BCUT2D eigenvalue weighted by Gasteiger charge is 2.28. The van der Waals surface area contributed by atoms with Crippen LogP contribution < -0.4 is 0 Å². The molecule has 2 amide bonds. The summed E-state index contributed by atoms with van der Waals surface area (Å²) in [6.07, 6.45) is 3.27. The lowest BCUT2D eigenvalue weighted by Gasteiger charge is -2.34. The summed E-state index contributed by atoms with van der Waals surface area (Å²) >= 11 is 7.19. The number of carbonyl (C=O) groups is 2. The number of hydrogen-bond acceptors (Lipinski definition) is 4. The number of amides is 2. The molecule has 0 radical (unpaired) electrons. The SMILES string of the molecule is O=C(c1cc2n(n1)CCCC2)N1CCN(C(=O)c2ccc(Cl)s2)CC1. The molecular weight excluding hydrogens is 360 g/mol. The van der Waals surface area contributed by atoms with E-state index < -0.39 is 0 Å². The smallest absolute Gasteiger partial charge is 0.274 e. The first-order valence-corrected chi connectivity index (χ1v) is 9.72. The fraction of sp³-hybridized carbons (Fsp3) is 0.471. The van der Waals surface area contributed by atoms with Crippen molar-refractivity contribution >= 4 is 34.8 Å². The number of carbonyl (C=O) groups excluding carboxylic acids is 2. The van der Waals surface area contributed by atoms with Gasteiger partial charge in [0.05, 0.1) is 9.21 Å². The van der Waals surface area contributed by atoms with E-state index in [1.165, 1.54) is 11.3 Å². The summed E-state index contributed by atoms with van der Waals surface area (Å²) in [6, 6.07) is 5.41. The topological polar surface area (TPSA) is 58.4 Å². The zero-order chi connectivity index (χ0) is 17.4. The van der Waals surface area contributed by atoms with E-state index in [-0.39, 0.29) is 11.8 Å². The van der Waals surface area contributed by atoms with Gasteiger partial charge in [-0.1, -0.05) is 11.6 Å². The van der Waals surface area contributed by atoms with Crippen LogP contribution in [0.15, 0.2) is 18.2 Å². The number of halogens is 1. The largest absolute Gasteiger partial charge is 0.334 e. The average Bonchev–Trinajstić information content (AvgIpc) is 3.26. The molecule has 0 bridgehead atoms. The van der Waals surface area contributed by atoms with Gasteiger partial charge in [-0.3, -0.25) is 14.3 Å². The zero-order valence-electron chi connectivity index (χ0n) is 13.8. The number of thiophene rings is 1. The number of aryl methyl sites for hydroxylation is 2. The molecule has 2 aromatic rings. The standard InChI is InChI=1S/C17H19ClN4O2S/c18-15-5-4-14(25-15)17(24)21-9-7-20(8-10-21)16(23)13-11-12-3-1-2-6-22(12)19-13/h4-5,11H,1-3,6-10H2. The minimum atomic E-state index is -0.0341. The molecule has 132 valence electrons. The van der Waals surface area contributed by atoms with E-state index >= 15 is 0 Å². The van der Waals surface area contributed by atoms with Crippen molar-refractivity contribution in [2.45, 2.75) is 25.8 Å². The second-order valence-electron chi connectivity index (χ2n) is 6.39. The van der Waals surface area contributed by atoms with Crippen LogP contribution in [0.4, 0.5) is 0 Å². The van der Waals surface area contributed by atoms with E-state index in [0.717, 1.165) is 31.5 Å². The van der Waals surface area contributed by atoms with Gasteiger partial charge in [0.25, 0.3) is 11.8 Å². The van der Waals surface area contributed by atoms with Crippen molar-refractivity contribution in [2.75, 3.05) is 26.2 Å². The predicted octanol–water partition coefficient (Wildman–Crippen LogP) is 2.53. The van der Waals surface area contributed by atoms with Crippen LogP contribution >= 0.6 is 22.9 Å². The van der Waals surface area contributed by atoms with E-state index in [0.29, 0.717) is 41.1 Å². The Balaban J connectivity index is 1.39. The van der Waals surface area contributed by atoms with Gasteiger partial charge in [0.2, 0.25) is 0 Å².